The summed E-state index contributed by atoms with van der Waals surface area (Å²) in [5.74, 6) is -2.06. The van der Waals surface area contributed by atoms with Crippen molar-refractivity contribution in [1.82, 2.24) is 0 Å². The molecule has 2 atom stereocenters. The first-order valence-corrected chi connectivity index (χ1v) is 8.73. The van der Waals surface area contributed by atoms with Gasteiger partial charge in [-0.05, 0) is 37.3 Å². The predicted molar refractivity (Wildman–Crippen MR) is 99.7 cm³/mol. The largest absolute Gasteiger partial charge is 0.478 e. The maximum absolute atomic E-state index is 13.2. The minimum Gasteiger partial charge on any atom is -0.478 e. The van der Waals surface area contributed by atoms with Crippen LogP contribution in [0.15, 0.2) is 42.5 Å². The Labute approximate surface area is 164 Å². The summed E-state index contributed by atoms with van der Waals surface area (Å²) in [5.41, 5.74) is 0.772. The smallest absolute Gasteiger partial charge is 0.310 e. The summed E-state index contributed by atoms with van der Waals surface area (Å²) in [4.78, 5) is 36.3. The van der Waals surface area contributed by atoms with Crippen LogP contribution < -0.4 is 15.4 Å². The molecule has 0 radical (unpaired) electrons. The van der Waals surface area contributed by atoms with E-state index in [0.717, 1.165) is 6.07 Å². The highest BCUT2D eigenvalue weighted by Gasteiger charge is 2.31. The van der Waals surface area contributed by atoms with Gasteiger partial charge < -0.3 is 20.1 Å². The summed E-state index contributed by atoms with van der Waals surface area (Å²) in [6.07, 6.45) is -2.57. The number of ether oxygens (including phenoxy) is 2. The number of halogens is 2. The third-order valence-corrected chi connectivity index (χ3v) is 4.21. The number of fused-ring (bicyclic) bond motifs is 1. The van der Waals surface area contributed by atoms with Crippen LogP contribution in [-0.4, -0.2) is 30.0 Å². The number of rotatable bonds is 5. The van der Waals surface area contributed by atoms with Crippen LogP contribution in [0.2, 0.25) is 5.02 Å². The molecule has 9 heteroatoms. The van der Waals surface area contributed by atoms with E-state index >= 15 is 0 Å². The van der Waals surface area contributed by atoms with Crippen LogP contribution in [0.1, 0.15) is 13.3 Å². The molecule has 0 saturated carbocycles. The molecule has 3 rings (SSSR count). The normalized spacial score (nSPS) is 16.2. The van der Waals surface area contributed by atoms with Crippen LogP contribution >= 0.6 is 11.6 Å². The monoisotopic (exact) mass is 406 g/mol. The number of anilines is 2. The summed E-state index contributed by atoms with van der Waals surface area (Å²) < 4.78 is 23.7. The molecule has 28 heavy (non-hydrogen) atoms. The highest BCUT2D eigenvalue weighted by Crippen LogP contribution is 2.29. The lowest BCUT2D eigenvalue weighted by Crippen LogP contribution is -2.40. The standard InChI is InChI=1S/C19H16ClFN2O5/c1-10(18(25)22-11-6-7-13(21)12(20)8-11)27-17(24)9-16-19(26)23-14-4-2-3-5-15(14)28-16/h2-8,10,16H,9H2,1H3,(H,22,25)(H,23,26)/t10-,16+/m1/s1. The van der Waals surface area contributed by atoms with Gasteiger partial charge in [0.1, 0.15) is 11.6 Å². The van der Waals surface area contributed by atoms with Crippen LogP contribution in [0, 0.1) is 5.82 Å². The molecule has 0 unspecified atom stereocenters. The van der Waals surface area contributed by atoms with Crippen LogP contribution in [0.3, 0.4) is 0 Å². The number of carbonyl (C=O) groups excluding carboxylic acids is 3. The average Bonchev–Trinajstić information content (AvgIpc) is 2.65. The molecule has 2 aromatic carbocycles. The quantitative estimate of drug-likeness (QED) is 0.744. The van der Waals surface area contributed by atoms with E-state index in [1.54, 1.807) is 24.3 Å². The van der Waals surface area contributed by atoms with Crippen LogP contribution in [-0.2, 0) is 19.1 Å². The second-order valence-corrected chi connectivity index (χ2v) is 6.45. The van der Waals surface area contributed by atoms with Gasteiger partial charge in [0.15, 0.2) is 12.2 Å². The molecular formula is C19H16ClFN2O5. The second kappa shape index (κ2) is 8.26. The zero-order valence-electron chi connectivity index (χ0n) is 14.7. The maximum Gasteiger partial charge on any atom is 0.310 e. The van der Waals surface area contributed by atoms with Crippen molar-refractivity contribution in [3.8, 4) is 5.75 Å². The van der Waals surface area contributed by atoms with E-state index in [4.69, 9.17) is 21.1 Å². The first-order chi connectivity index (χ1) is 13.3. The Kier molecular flexibility index (Phi) is 5.79. The Hall–Kier alpha value is -3.13. The highest BCUT2D eigenvalue weighted by molar-refractivity contribution is 6.31. The van der Waals surface area contributed by atoms with Crippen molar-refractivity contribution in [3.05, 3.63) is 53.3 Å². The Morgan fingerprint density at radius 2 is 2.07 bits per heavy atom. The molecule has 0 spiro atoms. The fourth-order valence-electron chi connectivity index (χ4n) is 2.49. The molecule has 1 aliphatic heterocycles. The van der Waals surface area contributed by atoms with Crippen LogP contribution in [0.5, 0.6) is 5.75 Å². The average molecular weight is 407 g/mol. The number of para-hydroxylation sites is 2. The van der Waals surface area contributed by atoms with Crippen LogP contribution in [0.25, 0.3) is 0 Å². The van der Waals surface area contributed by atoms with Gasteiger partial charge in [-0.1, -0.05) is 23.7 Å². The topological polar surface area (TPSA) is 93.7 Å². The van der Waals surface area contributed by atoms with E-state index in [9.17, 15) is 18.8 Å². The fraction of sp³-hybridized carbons (Fsp3) is 0.211. The Balaban J connectivity index is 1.54. The second-order valence-electron chi connectivity index (χ2n) is 6.05. The van der Waals surface area contributed by atoms with E-state index in [1.165, 1.54) is 19.1 Å². The van der Waals surface area contributed by atoms with Crippen molar-refractivity contribution in [2.45, 2.75) is 25.6 Å². The van der Waals surface area contributed by atoms with Gasteiger partial charge >= 0.3 is 5.97 Å². The zero-order chi connectivity index (χ0) is 20.3. The minimum absolute atomic E-state index is 0.150. The van der Waals surface area contributed by atoms with Gasteiger partial charge in [-0.2, -0.15) is 0 Å². The van der Waals surface area contributed by atoms with Crippen molar-refractivity contribution >= 4 is 40.8 Å². The summed E-state index contributed by atoms with van der Waals surface area (Å²) >= 11 is 5.66. The third kappa shape index (κ3) is 4.58. The molecule has 7 nitrogen and oxygen atoms in total. The zero-order valence-corrected chi connectivity index (χ0v) is 15.5. The highest BCUT2D eigenvalue weighted by atomic mass is 35.5. The van der Waals surface area contributed by atoms with Crippen LogP contribution in [0.4, 0.5) is 15.8 Å². The molecule has 2 N–H and O–H groups in total. The van der Waals surface area contributed by atoms with Gasteiger partial charge in [0.05, 0.1) is 17.1 Å². The van der Waals surface area contributed by atoms with E-state index < -0.39 is 35.8 Å². The fourth-order valence-corrected chi connectivity index (χ4v) is 2.68. The van der Waals surface area contributed by atoms with E-state index in [2.05, 4.69) is 10.6 Å². The molecular weight excluding hydrogens is 391 g/mol. The summed E-state index contributed by atoms with van der Waals surface area (Å²) in [6.45, 7) is 1.37. The van der Waals surface area contributed by atoms with Gasteiger partial charge in [-0.25, -0.2) is 4.39 Å². The summed E-state index contributed by atoms with van der Waals surface area (Å²) in [6, 6.07) is 10.5. The number of hydrogen-bond donors (Lipinski definition) is 2. The van der Waals surface area contributed by atoms with Crippen molar-refractivity contribution in [1.29, 1.82) is 0 Å². The molecule has 2 aromatic rings. The lowest BCUT2D eigenvalue weighted by Gasteiger charge is -2.25. The molecule has 146 valence electrons. The van der Waals surface area contributed by atoms with Gasteiger partial charge in [-0.3, -0.25) is 14.4 Å². The third-order valence-electron chi connectivity index (χ3n) is 3.92. The summed E-state index contributed by atoms with van der Waals surface area (Å²) in [7, 11) is 0. The van der Waals surface area contributed by atoms with E-state index in [1.807, 2.05) is 0 Å². The van der Waals surface area contributed by atoms with Crippen molar-refractivity contribution in [2.24, 2.45) is 0 Å². The maximum atomic E-state index is 13.2. The van der Waals surface area contributed by atoms with Gasteiger partial charge in [0, 0.05) is 5.69 Å². The minimum atomic E-state index is -1.14. The van der Waals surface area contributed by atoms with Crippen molar-refractivity contribution < 1.29 is 28.2 Å². The number of benzene rings is 2. The molecule has 0 saturated heterocycles. The van der Waals surface area contributed by atoms with E-state index in [-0.39, 0.29) is 17.1 Å². The number of amides is 2. The Bertz CT molecular complexity index is 936. The predicted octanol–water partition coefficient (Wildman–Crippen LogP) is 3.14. The van der Waals surface area contributed by atoms with Gasteiger partial charge in [-0.15, -0.1) is 0 Å². The Morgan fingerprint density at radius 3 is 2.82 bits per heavy atom. The molecule has 0 aromatic heterocycles. The van der Waals surface area contributed by atoms with Crippen molar-refractivity contribution in [3.63, 3.8) is 0 Å². The lowest BCUT2D eigenvalue weighted by molar-refractivity contribution is -0.155. The molecule has 2 amide bonds. The Morgan fingerprint density at radius 1 is 1.32 bits per heavy atom. The lowest BCUT2D eigenvalue weighted by atomic mass is 10.1. The molecule has 1 heterocycles. The first kappa shape index (κ1) is 19.6. The number of nitrogens with one attached hydrogen (secondary N) is 2. The van der Waals surface area contributed by atoms with Gasteiger partial charge in [0.25, 0.3) is 11.8 Å². The molecule has 1 aliphatic rings. The molecule has 0 aliphatic carbocycles. The van der Waals surface area contributed by atoms with Crippen molar-refractivity contribution in [2.75, 3.05) is 10.6 Å². The molecule has 0 bridgehead atoms. The summed E-state index contributed by atoms with van der Waals surface area (Å²) in [5, 5.41) is 4.95. The SMILES string of the molecule is C[C@@H](OC(=O)C[C@@H]1Oc2ccccc2NC1=O)C(=O)Nc1ccc(F)c(Cl)c1. The number of hydrogen-bond acceptors (Lipinski definition) is 5. The number of esters is 1. The first-order valence-electron chi connectivity index (χ1n) is 8.35. The van der Waals surface area contributed by atoms with Gasteiger partial charge in [0.2, 0.25) is 0 Å². The number of carbonyl (C=O) groups is 3. The molecule has 0 fully saturated rings. The van der Waals surface area contributed by atoms with E-state index in [0.29, 0.717) is 11.4 Å².